The number of halogens is 1. The Hall–Kier alpha value is -1.63. The van der Waals surface area contributed by atoms with Gasteiger partial charge in [0, 0.05) is 41.8 Å². The van der Waals surface area contributed by atoms with E-state index in [-0.39, 0.29) is 17.6 Å². The number of fused-ring (bicyclic) bond motifs is 2. The van der Waals surface area contributed by atoms with Gasteiger partial charge in [-0.3, -0.25) is 4.21 Å². The molecule has 0 bridgehead atoms. The molecule has 0 unspecified atom stereocenters. The van der Waals surface area contributed by atoms with Gasteiger partial charge in [0.1, 0.15) is 5.82 Å². The summed E-state index contributed by atoms with van der Waals surface area (Å²) in [6, 6.07) is 8.36. The highest BCUT2D eigenvalue weighted by Crippen LogP contribution is 2.47. The summed E-state index contributed by atoms with van der Waals surface area (Å²) in [6.45, 7) is 2.08. The molecule has 4 aliphatic rings. The molecule has 1 spiro atoms. The van der Waals surface area contributed by atoms with Crippen molar-refractivity contribution in [3.05, 3.63) is 46.1 Å². The number of nitrogens with zero attached hydrogens (tertiary/aromatic N) is 2. The van der Waals surface area contributed by atoms with E-state index in [2.05, 4.69) is 28.4 Å². The van der Waals surface area contributed by atoms with Crippen LogP contribution in [0.5, 0.6) is 0 Å². The van der Waals surface area contributed by atoms with E-state index in [4.69, 9.17) is 16.6 Å². The minimum atomic E-state index is -1.00. The number of anilines is 2. The molecule has 1 aromatic carbocycles. The monoisotopic (exact) mass is 443 g/mol. The van der Waals surface area contributed by atoms with E-state index >= 15 is 0 Å². The zero-order valence-electron chi connectivity index (χ0n) is 16.9. The van der Waals surface area contributed by atoms with Crippen molar-refractivity contribution in [2.75, 3.05) is 35.7 Å². The average molecular weight is 444 g/mol. The van der Waals surface area contributed by atoms with Crippen molar-refractivity contribution < 1.29 is 9.32 Å². The quantitative estimate of drug-likeness (QED) is 0.758. The lowest BCUT2D eigenvalue weighted by atomic mass is 9.76. The highest BCUT2D eigenvalue weighted by atomic mass is 35.5. The van der Waals surface area contributed by atoms with E-state index in [1.54, 1.807) is 0 Å². The molecule has 30 heavy (non-hydrogen) atoms. The number of aliphatic hydroxyl groups excluding tert-OH is 1. The third kappa shape index (κ3) is 2.91. The van der Waals surface area contributed by atoms with Crippen LogP contribution in [0.4, 0.5) is 11.5 Å². The first kappa shape index (κ1) is 19.1. The Kier molecular flexibility index (Phi) is 4.25. The minimum Gasteiger partial charge on any atom is -0.394 e. The summed E-state index contributed by atoms with van der Waals surface area (Å²) in [5.74, 6) is 1.62. The molecule has 2 aromatic rings. The Morgan fingerprint density at radius 1 is 1.20 bits per heavy atom. The smallest absolute Gasteiger partial charge is 0.131 e. The number of nitrogens with one attached hydrogen (secondary N) is 1. The van der Waals surface area contributed by atoms with Gasteiger partial charge in [0.2, 0.25) is 0 Å². The molecule has 2 aliphatic carbocycles. The van der Waals surface area contributed by atoms with E-state index in [0.717, 1.165) is 78.7 Å². The van der Waals surface area contributed by atoms with Crippen molar-refractivity contribution in [2.24, 2.45) is 5.41 Å². The first-order chi connectivity index (χ1) is 14.5. The summed E-state index contributed by atoms with van der Waals surface area (Å²) >= 11 is 6.20. The van der Waals surface area contributed by atoms with Crippen LogP contribution >= 0.6 is 11.6 Å². The summed E-state index contributed by atoms with van der Waals surface area (Å²) in [4.78, 5) is 8.12. The number of rotatable bonds is 4. The molecule has 2 N–H and O–H groups in total. The topological polar surface area (TPSA) is 65.5 Å². The van der Waals surface area contributed by atoms with Crippen molar-refractivity contribution in [2.45, 2.75) is 49.0 Å². The first-order valence-corrected chi connectivity index (χ1v) is 12.5. The van der Waals surface area contributed by atoms with Crippen LogP contribution in [-0.4, -0.2) is 45.3 Å². The largest absolute Gasteiger partial charge is 0.394 e. The lowest BCUT2D eigenvalue weighted by Crippen LogP contribution is -2.57. The standard InChI is InChI=1S/C23H26ClN3O2S/c24-17-3-2-15-10-22(11-16(15)8-17)12-27(13-22)20-9-19(26-23(14-28)5-1-6-23)21-18(25-20)4-7-30(21)29/h2-3,8-9,28H,1,4-7,10-14H2,(H,25,26)/t30-/m0/s1. The Morgan fingerprint density at radius 3 is 2.73 bits per heavy atom. The zero-order chi connectivity index (χ0) is 20.5. The Bertz CT molecular complexity index is 1060. The van der Waals surface area contributed by atoms with E-state index in [1.165, 1.54) is 11.1 Å². The van der Waals surface area contributed by atoms with Crippen LogP contribution in [0.15, 0.2) is 29.2 Å². The highest BCUT2D eigenvalue weighted by Gasteiger charge is 2.48. The van der Waals surface area contributed by atoms with Gasteiger partial charge < -0.3 is 15.3 Å². The van der Waals surface area contributed by atoms with Gasteiger partial charge in [0.25, 0.3) is 0 Å². The zero-order valence-corrected chi connectivity index (χ0v) is 18.5. The average Bonchev–Trinajstić information content (AvgIpc) is 3.24. The van der Waals surface area contributed by atoms with Crippen molar-refractivity contribution >= 4 is 33.9 Å². The summed E-state index contributed by atoms with van der Waals surface area (Å²) < 4.78 is 12.6. The van der Waals surface area contributed by atoms with Crippen molar-refractivity contribution in [1.82, 2.24) is 4.98 Å². The number of benzene rings is 1. The van der Waals surface area contributed by atoms with Crippen LogP contribution in [-0.2, 0) is 30.1 Å². The molecule has 3 heterocycles. The maximum Gasteiger partial charge on any atom is 0.131 e. The molecule has 6 rings (SSSR count). The number of pyridine rings is 1. The summed E-state index contributed by atoms with van der Waals surface area (Å²) in [5, 5.41) is 14.3. The summed E-state index contributed by atoms with van der Waals surface area (Å²) in [7, 11) is -1.00. The Labute approximate surface area is 184 Å². The van der Waals surface area contributed by atoms with Crippen LogP contribution in [0.3, 0.4) is 0 Å². The molecular formula is C23H26ClN3O2S. The maximum atomic E-state index is 12.6. The summed E-state index contributed by atoms with van der Waals surface area (Å²) in [5.41, 5.74) is 4.71. The molecule has 2 fully saturated rings. The van der Waals surface area contributed by atoms with E-state index in [1.807, 2.05) is 6.07 Å². The Balaban J connectivity index is 1.27. The van der Waals surface area contributed by atoms with Gasteiger partial charge in [-0.25, -0.2) is 4.98 Å². The normalized spacial score (nSPS) is 24.9. The van der Waals surface area contributed by atoms with Gasteiger partial charge in [-0.15, -0.1) is 0 Å². The first-order valence-electron chi connectivity index (χ1n) is 10.8. The second kappa shape index (κ2) is 6.68. The van der Waals surface area contributed by atoms with Crippen molar-refractivity contribution in [3.8, 4) is 0 Å². The maximum absolute atomic E-state index is 12.6. The van der Waals surface area contributed by atoms with Crippen molar-refractivity contribution in [1.29, 1.82) is 0 Å². The predicted octanol–water partition coefficient (Wildman–Crippen LogP) is 3.33. The number of aromatic nitrogens is 1. The van der Waals surface area contributed by atoms with Gasteiger partial charge in [-0.05, 0) is 55.4 Å². The fourth-order valence-corrected chi connectivity index (χ4v) is 7.25. The SMILES string of the molecule is O=[S@]1CCc2nc(N3CC4(Cc5ccc(Cl)cc5C4)C3)cc(NC3(CO)CCC3)c21. The lowest BCUT2D eigenvalue weighted by molar-refractivity contribution is 0.144. The van der Waals surface area contributed by atoms with Crippen LogP contribution in [0.25, 0.3) is 0 Å². The summed E-state index contributed by atoms with van der Waals surface area (Å²) in [6.07, 6.45) is 5.97. The third-order valence-corrected chi connectivity index (χ3v) is 9.19. The van der Waals surface area contributed by atoms with E-state index in [9.17, 15) is 9.32 Å². The molecule has 0 radical (unpaired) electrons. The molecular weight excluding hydrogens is 418 g/mol. The van der Waals surface area contributed by atoms with Gasteiger partial charge in [0.15, 0.2) is 0 Å². The molecule has 1 aromatic heterocycles. The number of hydrogen-bond donors (Lipinski definition) is 2. The van der Waals surface area contributed by atoms with Crippen LogP contribution in [0.1, 0.15) is 36.1 Å². The molecule has 1 saturated heterocycles. The van der Waals surface area contributed by atoms with E-state index in [0.29, 0.717) is 5.75 Å². The number of aliphatic hydroxyl groups is 1. The molecule has 2 aliphatic heterocycles. The molecule has 5 nitrogen and oxygen atoms in total. The highest BCUT2D eigenvalue weighted by molar-refractivity contribution is 7.85. The lowest BCUT2D eigenvalue weighted by Gasteiger charge is -2.49. The second-order valence-electron chi connectivity index (χ2n) is 9.64. The minimum absolute atomic E-state index is 0.111. The second-order valence-corrected chi connectivity index (χ2v) is 11.6. The van der Waals surface area contributed by atoms with Gasteiger partial charge in [-0.1, -0.05) is 17.7 Å². The van der Waals surface area contributed by atoms with Gasteiger partial charge in [-0.2, -0.15) is 0 Å². The van der Waals surface area contributed by atoms with E-state index < -0.39 is 10.8 Å². The number of hydrogen-bond acceptors (Lipinski definition) is 5. The molecule has 1 atom stereocenters. The van der Waals surface area contributed by atoms with Crippen LogP contribution in [0.2, 0.25) is 5.02 Å². The third-order valence-electron chi connectivity index (χ3n) is 7.47. The fourth-order valence-electron chi connectivity index (χ4n) is 5.70. The van der Waals surface area contributed by atoms with Crippen LogP contribution in [0, 0.1) is 5.41 Å². The number of aryl methyl sites for hydroxylation is 1. The molecule has 158 valence electrons. The van der Waals surface area contributed by atoms with Crippen molar-refractivity contribution in [3.63, 3.8) is 0 Å². The van der Waals surface area contributed by atoms with Crippen LogP contribution < -0.4 is 10.2 Å². The fraction of sp³-hybridized carbons (Fsp3) is 0.522. The van der Waals surface area contributed by atoms with Gasteiger partial charge >= 0.3 is 0 Å². The van der Waals surface area contributed by atoms with Gasteiger partial charge in [0.05, 0.1) is 39.2 Å². The predicted molar refractivity (Wildman–Crippen MR) is 120 cm³/mol. The molecule has 0 amide bonds. The molecule has 7 heteroatoms. The molecule has 1 saturated carbocycles. The Morgan fingerprint density at radius 2 is 2.00 bits per heavy atom.